The highest BCUT2D eigenvalue weighted by Crippen LogP contribution is 2.32. The van der Waals surface area contributed by atoms with Gasteiger partial charge in [0.15, 0.2) is 0 Å². The van der Waals surface area contributed by atoms with Crippen molar-refractivity contribution in [1.29, 1.82) is 5.26 Å². The number of ether oxygens (including phenoxy) is 1. The van der Waals surface area contributed by atoms with E-state index in [4.69, 9.17) is 21.4 Å². The van der Waals surface area contributed by atoms with Crippen molar-refractivity contribution in [1.82, 2.24) is 5.32 Å². The van der Waals surface area contributed by atoms with Gasteiger partial charge in [0.05, 0.1) is 5.56 Å². The summed E-state index contributed by atoms with van der Waals surface area (Å²) in [6, 6.07) is 13.7. The monoisotopic (exact) mass is 470 g/mol. The van der Waals surface area contributed by atoms with E-state index in [1.807, 2.05) is 6.07 Å². The quantitative estimate of drug-likeness (QED) is 0.456. The molecule has 176 valence electrons. The van der Waals surface area contributed by atoms with Gasteiger partial charge in [-0.2, -0.15) is 5.26 Å². The van der Waals surface area contributed by atoms with Crippen LogP contribution in [-0.2, 0) is 24.1 Å². The molecule has 0 fully saturated rings. The number of benzene rings is 2. The van der Waals surface area contributed by atoms with Crippen LogP contribution in [0.4, 0.5) is 0 Å². The Morgan fingerprint density at radius 1 is 1.30 bits per heavy atom. The van der Waals surface area contributed by atoms with Crippen LogP contribution >= 0.6 is 11.6 Å². The topological polar surface area (TPSA) is 103 Å². The number of nitriles is 1. The smallest absolute Gasteiger partial charge is 0.303 e. The molecule has 2 aromatic carbocycles. The van der Waals surface area contributed by atoms with E-state index < -0.39 is 12.1 Å². The van der Waals surface area contributed by atoms with E-state index in [2.05, 4.69) is 43.4 Å². The molecule has 6 nitrogen and oxygen atoms in total. The molecule has 0 heterocycles. The second-order valence-corrected chi connectivity index (χ2v) is 9.83. The summed E-state index contributed by atoms with van der Waals surface area (Å²) in [5.74, 6) is -0.0532. The predicted molar refractivity (Wildman–Crippen MR) is 128 cm³/mol. The Morgan fingerprint density at radius 3 is 2.58 bits per heavy atom. The van der Waals surface area contributed by atoms with Crippen molar-refractivity contribution in [3.63, 3.8) is 0 Å². The number of aryl methyl sites for hydroxylation is 1. The van der Waals surface area contributed by atoms with Crippen LogP contribution in [0, 0.1) is 17.2 Å². The van der Waals surface area contributed by atoms with Crippen molar-refractivity contribution in [2.45, 2.75) is 57.6 Å². The maximum atomic E-state index is 10.9. The molecule has 0 bridgehead atoms. The van der Waals surface area contributed by atoms with Crippen molar-refractivity contribution in [2.24, 2.45) is 5.92 Å². The van der Waals surface area contributed by atoms with Crippen molar-refractivity contribution in [3.05, 3.63) is 63.7 Å². The van der Waals surface area contributed by atoms with Crippen LogP contribution in [-0.4, -0.2) is 41.0 Å². The molecular weight excluding hydrogens is 440 g/mol. The largest absolute Gasteiger partial charge is 0.489 e. The number of nitrogens with zero attached hydrogens (tertiary/aromatic N) is 1. The van der Waals surface area contributed by atoms with Gasteiger partial charge in [-0.3, -0.25) is 4.79 Å². The predicted octanol–water partition coefficient (Wildman–Crippen LogP) is 4.14. The number of hydrogen-bond acceptors (Lipinski definition) is 5. The molecule has 7 heteroatoms. The fourth-order valence-electron chi connectivity index (χ4n) is 4.46. The van der Waals surface area contributed by atoms with Gasteiger partial charge in [-0.05, 0) is 74.3 Å². The minimum atomic E-state index is -0.927. The zero-order chi connectivity index (χ0) is 24.0. The zero-order valence-corrected chi connectivity index (χ0v) is 19.9. The lowest BCUT2D eigenvalue weighted by Crippen LogP contribution is -2.46. The Labute approximate surface area is 200 Å². The van der Waals surface area contributed by atoms with Gasteiger partial charge in [-0.25, -0.2) is 0 Å². The lowest BCUT2D eigenvalue weighted by atomic mass is 9.88. The summed E-state index contributed by atoms with van der Waals surface area (Å²) in [7, 11) is 0. The maximum Gasteiger partial charge on any atom is 0.303 e. The maximum absolute atomic E-state index is 10.9. The van der Waals surface area contributed by atoms with Gasteiger partial charge in [0.2, 0.25) is 0 Å². The molecule has 0 spiro atoms. The van der Waals surface area contributed by atoms with Crippen LogP contribution < -0.4 is 10.1 Å². The number of nitrogens with one attached hydrogen (secondary N) is 1. The van der Waals surface area contributed by atoms with Crippen LogP contribution in [0.2, 0.25) is 5.02 Å². The van der Waals surface area contributed by atoms with Gasteiger partial charge >= 0.3 is 5.97 Å². The Morgan fingerprint density at radius 2 is 1.97 bits per heavy atom. The fourth-order valence-corrected chi connectivity index (χ4v) is 4.72. The van der Waals surface area contributed by atoms with Crippen LogP contribution in [0.3, 0.4) is 0 Å². The van der Waals surface area contributed by atoms with Crippen LogP contribution in [0.5, 0.6) is 5.75 Å². The molecule has 0 radical (unpaired) electrons. The molecule has 1 aliphatic rings. The summed E-state index contributed by atoms with van der Waals surface area (Å²) < 4.78 is 5.71. The van der Waals surface area contributed by atoms with Gasteiger partial charge in [0, 0.05) is 23.5 Å². The van der Waals surface area contributed by atoms with Gasteiger partial charge in [0.1, 0.15) is 24.5 Å². The second-order valence-electron chi connectivity index (χ2n) is 9.42. The Bertz CT molecular complexity index is 1010. The van der Waals surface area contributed by atoms with Gasteiger partial charge in [-0.15, -0.1) is 0 Å². The molecular formula is C26H31ClN2O4. The summed E-state index contributed by atoms with van der Waals surface area (Å²) in [6.07, 6.45) is 2.57. The molecule has 0 saturated heterocycles. The zero-order valence-electron chi connectivity index (χ0n) is 19.1. The number of aliphatic hydroxyl groups is 1. The molecule has 1 atom stereocenters. The van der Waals surface area contributed by atoms with Gasteiger partial charge in [0.25, 0.3) is 0 Å². The van der Waals surface area contributed by atoms with Crippen molar-refractivity contribution < 1.29 is 19.7 Å². The van der Waals surface area contributed by atoms with E-state index in [1.54, 1.807) is 6.07 Å². The molecule has 2 aromatic rings. The van der Waals surface area contributed by atoms with Gasteiger partial charge < -0.3 is 20.3 Å². The molecule has 0 amide bonds. The molecule has 0 aliphatic heterocycles. The minimum absolute atomic E-state index is 0.00658. The van der Waals surface area contributed by atoms with E-state index in [1.165, 1.54) is 17.2 Å². The molecule has 1 unspecified atom stereocenters. The summed E-state index contributed by atoms with van der Waals surface area (Å²) in [5.41, 5.74) is 3.58. The summed E-state index contributed by atoms with van der Waals surface area (Å²) in [6.45, 7) is 4.65. The first kappa shape index (κ1) is 25.0. The van der Waals surface area contributed by atoms with Crippen LogP contribution in [0.1, 0.15) is 48.9 Å². The Balaban J connectivity index is 1.50. The number of rotatable bonds is 11. The fraction of sp³-hybridized carbons (Fsp3) is 0.462. The minimum Gasteiger partial charge on any atom is -0.489 e. The van der Waals surface area contributed by atoms with Crippen molar-refractivity contribution >= 4 is 17.6 Å². The van der Waals surface area contributed by atoms with E-state index in [0.717, 1.165) is 19.3 Å². The Kier molecular flexibility index (Phi) is 8.36. The molecule has 0 aromatic heterocycles. The van der Waals surface area contributed by atoms with E-state index in [-0.39, 0.29) is 30.6 Å². The highest BCUT2D eigenvalue weighted by molar-refractivity contribution is 6.31. The lowest BCUT2D eigenvalue weighted by Gasteiger charge is -2.30. The highest BCUT2D eigenvalue weighted by Gasteiger charge is 2.28. The van der Waals surface area contributed by atoms with E-state index in [9.17, 15) is 15.2 Å². The number of halogens is 1. The number of aliphatic hydroxyl groups excluding tert-OH is 1. The SMILES string of the molecule is CC(C)(CC1Cc2ccccc2C1)NCC(O)COc1cc(CCC(=O)O)c(Cl)cc1C#N. The van der Waals surface area contributed by atoms with Crippen LogP contribution in [0.15, 0.2) is 36.4 Å². The standard InChI is InChI=1S/C26H31ClN2O4/c1-26(2,13-17-9-18-5-3-4-6-19(18)10-17)29-15-22(30)16-33-24-12-20(7-8-25(31)32)23(27)11-21(24)14-28/h3-6,11-12,17,22,29-30H,7-10,13,15-16H2,1-2H3,(H,31,32). The van der Waals surface area contributed by atoms with Gasteiger partial charge in [-0.1, -0.05) is 35.9 Å². The summed E-state index contributed by atoms with van der Waals surface area (Å²) in [5, 5.41) is 32.5. The first-order valence-electron chi connectivity index (χ1n) is 11.2. The molecule has 3 rings (SSSR count). The number of fused-ring (bicyclic) bond motifs is 1. The first-order valence-corrected chi connectivity index (χ1v) is 11.6. The molecule has 0 saturated carbocycles. The normalized spacial score (nSPS) is 14.5. The highest BCUT2D eigenvalue weighted by atomic mass is 35.5. The van der Waals surface area contributed by atoms with Crippen LogP contribution in [0.25, 0.3) is 0 Å². The number of carboxylic acid groups (broad SMARTS) is 1. The second kappa shape index (κ2) is 11.0. The summed E-state index contributed by atoms with van der Waals surface area (Å²) in [4.78, 5) is 10.9. The summed E-state index contributed by atoms with van der Waals surface area (Å²) >= 11 is 6.17. The number of β-amino-alcohol motifs (C(OH)–C–C–N with tert-alkyl or cyclic N) is 1. The molecule has 33 heavy (non-hydrogen) atoms. The average Bonchev–Trinajstić information content (AvgIpc) is 3.17. The Hall–Kier alpha value is -2.59. The number of hydrogen-bond donors (Lipinski definition) is 3. The van der Waals surface area contributed by atoms with Crippen molar-refractivity contribution in [3.8, 4) is 11.8 Å². The number of carbonyl (C=O) groups is 1. The van der Waals surface area contributed by atoms with E-state index >= 15 is 0 Å². The van der Waals surface area contributed by atoms with E-state index in [0.29, 0.717) is 28.8 Å². The number of aliphatic carboxylic acids is 1. The molecule has 3 N–H and O–H groups in total. The lowest BCUT2D eigenvalue weighted by molar-refractivity contribution is -0.136. The third-order valence-electron chi connectivity index (χ3n) is 6.06. The third-order valence-corrected chi connectivity index (χ3v) is 6.41. The third kappa shape index (κ3) is 7.20. The molecule has 1 aliphatic carbocycles. The first-order chi connectivity index (χ1) is 15.7. The average molecular weight is 471 g/mol. The van der Waals surface area contributed by atoms with Crippen molar-refractivity contribution in [2.75, 3.05) is 13.2 Å². The number of carboxylic acids is 1.